The van der Waals surface area contributed by atoms with E-state index in [1.54, 1.807) is 43.5 Å². The van der Waals surface area contributed by atoms with Crippen molar-refractivity contribution in [3.63, 3.8) is 0 Å². The Labute approximate surface area is 187 Å². The van der Waals surface area contributed by atoms with Crippen molar-refractivity contribution in [1.29, 1.82) is 0 Å². The second-order valence-electron chi connectivity index (χ2n) is 7.67. The number of amides is 2. The van der Waals surface area contributed by atoms with Gasteiger partial charge in [-0.05, 0) is 42.5 Å². The maximum Gasteiger partial charge on any atom is 0.251 e. The standard InChI is InChI=1S/C25H27N3O4/c1-31-21-8-6-19(7-9-21)25(30)26-12-13-27-14-16-28(17-15-27)24(29)11-10-22-18-20-4-2-3-5-23(20)32-22/h2-11,18H,12-17H2,1H3,(H,26,30). The van der Waals surface area contributed by atoms with Crippen LogP contribution in [0.3, 0.4) is 0 Å². The average molecular weight is 434 g/mol. The third kappa shape index (κ3) is 5.36. The van der Waals surface area contributed by atoms with Crippen molar-refractivity contribution in [2.75, 3.05) is 46.4 Å². The van der Waals surface area contributed by atoms with Gasteiger partial charge in [0.2, 0.25) is 5.91 Å². The van der Waals surface area contributed by atoms with Gasteiger partial charge in [0.15, 0.2) is 0 Å². The van der Waals surface area contributed by atoms with Crippen molar-refractivity contribution in [2.24, 2.45) is 0 Å². The van der Waals surface area contributed by atoms with E-state index in [9.17, 15) is 9.59 Å². The van der Waals surface area contributed by atoms with Crippen LogP contribution in [0, 0.1) is 0 Å². The summed E-state index contributed by atoms with van der Waals surface area (Å²) in [6.45, 7) is 4.19. The summed E-state index contributed by atoms with van der Waals surface area (Å²) < 4.78 is 10.8. The van der Waals surface area contributed by atoms with E-state index < -0.39 is 0 Å². The van der Waals surface area contributed by atoms with Crippen LogP contribution < -0.4 is 10.1 Å². The SMILES string of the molecule is COc1ccc(C(=O)NCCN2CCN(C(=O)C=Cc3cc4ccccc4o3)CC2)cc1. The van der Waals surface area contributed by atoms with Crippen LogP contribution in [0.2, 0.25) is 0 Å². The molecule has 1 fully saturated rings. The highest BCUT2D eigenvalue weighted by Crippen LogP contribution is 2.19. The summed E-state index contributed by atoms with van der Waals surface area (Å²) in [6.07, 6.45) is 3.30. The minimum absolute atomic E-state index is 0.0158. The van der Waals surface area contributed by atoms with Gasteiger partial charge in [-0.3, -0.25) is 14.5 Å². The Morgan fingerprint density at radius 3 is 2.53 bits per heavy atom. The molecule has 166 valence electrons. The van der Waals surface area contributed by atoms with E-state index in [2.05, 4.69) is 10.2 Å². The molecule has 2 aromatic carbocycles. The van der Waals surface area contributed by atoms with E-state index in [1.807, 2.05) is 35.2 Å². The minimum atomic E-state index is -0.0998. The van der Waals surface area contributed by atoms with E-state index in [1.165, 1.54) is 0 Å². The van der Waals surface area contributed by atoms with Gasteiger partial charge in [0.05, 0.1) is 7.11 Å². The molecule has 0 aliphatic carbocycles. The van der Waals surface area contributed by atoms with Gasteiger partial charge in [-0.15, -0.1) is 0 Å². The smallest absolute Gasteiger partial charge is 0.251 e. The molecule has 0 saturated carbocycles. The number of fused-ring (bicyclic) bond motifs is 1. The maximum atomic E-state index is 12.5. The lowest BCUT2D eigenvalue weighted by Gasteiger charge is -2.34. The number of methoxy groups -OCH3 is 1. The largest absolute Gasteiger partial charge is 0.497 e. The topological polar surface area (TPSA) is 75.0 Å². The second-order valence-corrected chi connectivity index (χ2v) is 7.67. The van der Waals surface area contributed by atoms with Gasteiger partial charge in [-0.1, -0.05) is 18.2 Å². The van der Waals surface area contributed by atoms with E-state index in [-0.39, 0.29) is 11.8 Å². The Hall–Kier alpha value is -3.58. The summed E-state index contributed by atoms with van der Waals surface area (Å²) in [5.74, 6) is 1.28. The van der Waals surface area contributed by atoms with Crippen LogP contribution in [0.15, 0.2) is 65.1 Å². The van der Waals surface area contributed by atoms with Crippen LogP contribution in [-0.4, -0.2) is 68.0 Å². The van der Waals surface area contributed by atoms with Crippen LogP contribution in [-0.2, 0) is 4.79 Å². The molecule has 32 heavy (non-hydrogen) atoms. The molecule has 0 unspecified atom stereocenters. The van der Waals surface area contributed by atoms with Crippen molar-refractivity contribution < 1.29 is 18.7 Å². The van der Waals surface area contributed by atoms with Gasteiger partial charge >= 0.3 is 0 Å². The van der Waals surface area contributed by atoms with Gasteiger partial charge in [-0.2, -0.15) is 0 Å². The normalized spacial score (nSPS) is 14.7. The van der Waals surface area contributed by atoms with Crippen LogP contribution >= 0.6 is 0 Å². The molecule has 0 atom stereocenters. The molecule has 0 bridgehead atoms. The first kappa shape index (κ1) is 21.6. The maximum absolute atomic E-state index is 12.5. The Morgan fingerprint density at radius 2 is 1.81 bits per heavy atom. The zero-order chi connectivity index (χ0) is 22.3. The predicted molar refractivity (Wildman–Crippen MR) is 124 cm³/mol. The van der Waals surface area contributed by atoms with Crippen molar-refractivity contribution in [1.82, 2.24) is 15.1 Å². The summed E-state index contributed by atoms with van der Waals surface area (Å²) in [5, 5.41) is 3.96. The molecule has 1 N–H and O–H groups in total. The molecule has 7 nitrogen and oxygen atoms in total. The van der Waals surface area contributed by atoms with Crippen LogP contribution in [0.4, 0.5) is 0 Å². The Morgan fingerprint density at radius 1 is 1.06 bits per heavy atom. The predicted octanol–water partition coefficient (Wildman–Crippen LogP) is 3.03. The third-order valence-electron chi connectivity index (χ3n) is 5.58. The number of hydrogen-bond donors (Lipinski definition) is 1. The van der Waals surface area contributed by atoms with Crippen molar-refractivity contribution in [3.8, 4) is 5.75 Å². The highest BCUT2D eigenvalue weighted by atomic mass is 16.5. The molecule has 2 amide bonds. The van der Waals surface area contributed by atoms with Gasteiger partial charge in [0.1, 0.15) is 17.1 Å². The minimum Gasteiger partial charge on any atom is -0.497 e. The summed E-state index contributed by atoms with van der Waals surface area (Å²) >= 11 is 0. The first-order valence-corrected chi connectivity index (χ1v) is 10.7. The lowest BCUT2D eigenvalue weighted by atomic mass is 10.2. The fourth-order valence-corrected chi connectivity index (χ4v) is 3.71. The molecule has 3 aromatic rings. The fourth-order valence-electron chi connectivity index (χ4n) is 3.71. The number of furan rings is 1. The van der Waals surface area contributed by atoms with Crippen LogP contribution in [0.1, 0.15) is 16.1 Å². The van der Waals surface area contributed by atoms with E-state index >= 15 is 0 Å². The Bertz CT molecular complexity index is 1060. The molecule has 4 rings (SSSR count). The number of nitrogens with zero attached hydrogens (tertiary/aromatic N) is 2. The summed E-state index contributed by atoms with van der Waals surface area (Å²) in [4.78, 5) is 28.8. The molecule has 2 heterocycles. The second kappa shape index (κ2) is 10.2. The molecular weight excluding hydrogens is 406 g/mol. The quantitative estimate of drug-likeness (QED) is 0.580. The molecule has 1 aliphatic heterocycles. The van der Waals surface area contributed by atoms with Crippen molar-refractivity contribution in [2.45, 2.75) is 0 Å². The zero-order valence-corrected chi connectivity index (χ0v) is 18.1. The Kier molecular flexibility index (Phi) is 6.87. The monoisotopic (exact) mass is 433 g/mol. The van der Waals surface area contributed by atoms with Crippen molar-refractivity contribution in [3.05, 3.63) is 72.0 Å². The fraction of sp³-hybridized carbons (Fsp3) is 0.280. The van der Waals surface area contributed by atoms with Gasteiger partial charge < -0.3 is 19.4 Å². The van der Waals surface area contributed by atoms with E-state index in [0.717, 1.165) is 36.4 Å². The third-order valence-corrected chi connectivity index (χ3v) is 5.58. The lowest BCUT2D eigenvalue weighted by molar-refractivity contribution is -0.127. The zero-order valence-electron chi connectivity index (χ0n) is 18.1. The molecule has 1 aliphatic rings. The number of ether oxygens (including phenoxy) is 1. The first-order valence-electron chi connectivity index (χ1n) is 10.7. The molecule has 1 aromatic heterocycles. The molecule has 7 heteroatoms. The highest BCUT2D eigenvalue weighted by molar-refractivity contribution is 5.94. The number of benzene rings is 2. The molecule has 0 spiro atoms. The number of piperazine rings is 1. The lowest BCUT2D eigenvalue weighted by Crippen LogP contribution is -2.49. The summed E-state index contributed by atoms with van der Waals surface area (Å²) in [6, 6.07) is 16.7. The number of rotatable bonds is 7. The average Bonchev–Trinajstić information content (AvgIpc) is 3.26. The van der Waals surface area contributed by atoms with E-state index in [4.69, 9.17) is 9.15 Å². The van der Waals surface area contributed by atoms with Gasteiger partial charge in [0.25, 0.3) is 5.91 Å². The number of para-hydroxylation sites is 1. The Balaban J connectivity index is 1.19. The molecular formula is C25H27N3O4. The molecule has 0 radical (unpaired) electrons. The van der Waals surface area contributed by atoms with Crippen LogP contribution in [0.25, 0.3) is 17.0 Å². The van der Waals surface area contributed by atoms with Crippen LogP contribution in [0.5, 0.6) is 5.75 Å². The van der Waals surface area contributed by atoms with Crippen molar-refractivity contribution >= 4 is 28.9 Å². The number of hydrogen-bond acceptors (Lipinski definition) is 5. The van der Waals surface area contributed by atoms with Gasteiger partial charge in [0, 0.05) is 56.3 Å². The summed E-state index contributed by atoms with van der Waals surface area (Å²) in [7, 11) is 1.60. The van der Waals surface area contributed by atoms with E-state index in [0.29, 0.717) is 31.0 Å². The highest BCUT2D eigenvalue weighted by Gasteiger charge is 2.19. The summed E-state index contributed by atoms with van der Waals surface area (Å²) in [5.41, 5.74) is 1.42. The number of nitrogens with one attached hydrogen (secondary N) is 1. The molecule has 1 saturated heterocycles. The number of carbonyl (C=O) groups excluding carboxylic acids is 2. The first-order chi connectivity index (χ1) is 15.6. The number of carbonyl (C=O) groups is 2. The van der Waals surface area contributed by atoms with Gasteiger partial charge in [-0.25, -0.2) is 0 Å².